The van der Waals surface area contributed by atoms with Crippen molar-refractivity contribution in [2.24, 2.45) is 5.73 Å². The second-order valence-electron chi connectivity index (χ2n) is 5.08. The van der Waals surface area contributed by atoms with Crippen molar-refractivity contribution in [2.75, 3.05) is 7.11 Å². The summed E-state index contributed by atoms with van der Waals surface area (Å²) in [6, 6.07) is 16.1. The number of methoxy groups -OCH3 is 1. The molecule has 0 bridgehead atoms. The van der Waals surface area contributed by atoms with E-state index >= 15 is 0 Å². The molecule has 0 aliphatic carbocycles. The standard InChI is InChI=1S/C18H23NO2.ClH/c1-3-7-16(19)15-10-11-17(18(12-15)20-2)21-13-14-8-5-4-6-9-14;/h4-6,8-12,16H,3,7,13,19H2,1-2H3;1H/t16-;/m0./s1. The fraction of sp³-hybridized carbons (Fsp3) is 0.333. The van der Waals surface area contributed by atoms with Crippen LogP contribution < -0.4 is 15.2 Å². The van der Waals surface area contributed by atoms with Crippen LogP contribution in [-0.4, -0.2) is 7.11 Å². The van der Waals surface area contributed by atoms with Crippen LogP contribution in [0.15, 0.2) is 48.5 Å². The molecule has 2 aromatic carbocycles. The lowest BCUT2D eigenvalue weighted by molar-refractivity contribution is 0.284. The molecule has 2 N–H and O–H groups in total. The number of hydrogen-bond donors (Lipinski definition) is 1. The van der Waals surface area contributed by atoms with Gasteiger partial charge in [-0.2, -0.15) is 0 Å². The predicted molar refractivity (Wildman–Crippen MR) is 92.9 cm³/mol. The minimum Gasteiger partial charge on any atom is -0.493 e. The van der Waals surface area contributed by atoms with Gasteiger partial charge in [0.25, 0.3) is 0 Å². The maximum absolute atomic E-state index is 6.15. The molecule has 0 fully saturated rings. The second kappa shape index (κ2) is 9.34. The first-order valence-electron chi connectivity index (χ1n) is 7.34. The molecule has 0 aliphatic heterocycles. The van der Waals surface area contributed by atoms with Gasteiger partial charge in [-0.05, 0) is 29.7 Å². The van der Waals surface area contributed by atoms with Crippen molar-refractivity contribution in [1.82, 2.24) is 0 Å². The molecule has 0 radical (unpaired) electrons. The van der Waals surface area contributed by atoms with Gasteiger partial charge >= 0.3 is 0 Å². The summed E-state index contributed by atoms with van der Waals surface area (Å²) in [6.07, 6.45) is 2.03. The highest BCUT2D eigenvalue weighted by atomic mass is 35.5. The summed E-state index contributed by atoms with van der Waals surface area (Å²) < 4.78 is 11.3. The first-order chi connectivity index (χ1) is 10.2. The van der Waals surface area contributed by atoms with Crippen LogP contribution in [0, 0.1) is 0 Å². The molecule has 0 spiro atoms. The molecule has 2 rings (SSSR count). The molecular weight excluding hydrogens is 298 g/mol. The molecule has 0 aliphatic rings. The van der Waals surface area contributed by atoms with Crippen LogP contribution in [0.1, 0.15) is 36.9 Å². The van der Waals surface area contributed by atoms with Crippen molar-refractivity contribution < 1.29 is 9.47 Å². The summed E-state index contributed by atoms with van der Waals surface area (Å²) in [5.74, 6) is 1.48. The van der Waals surface area contributed by atoms with E-state index in [-0.39, 0.29) is 18.4 Å². The molecular formula is C18H24ClNO2. The minimum absolute atomic E-state index is 0. The highest BCUT2D eigenvalue weighted by Gasteiger charge is 2.10. The van der Waals surface area contributed by atoms with Crippen molar-refractivity contribution >= 4 is 12.4 Å². The van der Waals surface area contributed by atoms with Crippen LogP contribution in [0.25, 0.3) is 0 Å². The summed E-state index contributed by atoms with van der Waals surface area (Å²) in [5.41, 5.74) is 8.36. The smallest absolute Gasteiger partial charge is 0.161 e. The lowest BCUT2D eigenvalue weighted by Crippen LogP contribution is -2.10. The Morgan fingerprint density at radius 2 is 1.77 bits per heavy atom. The number of nitrogens with two attached hydrogens (primary N) is 1. The Hall–Kier alpha value is -1.71. The molecule has 4 heteroatoms. The quantitative estimate of drug-likeness (QED) is 0.816. The zero-order chi connectivity index (χ0) is 15.1. The third-order valence-electron chi connectivity index (χ3n) is 3.45. The van der Waals surface area contributed by atoms with Crippen LogP contribution in [-0.2, 0) is 6.61 Å². The van der Waals surface area contributed by atoms with Crippen molar-refractivity contribution in [1.29, 1.82) is 0 Å². The number of halogens is 1. The Bertz CT molecular complexity index is 560. The zero-order valence-electron chi connectivity index (χ0n) is 13.1. The number of hydrogen-bond acceptors (Lipinski definition) is 3. The number of rotatable bonds is 7. The number of ether oxygens (including phenoxy) is 2. The van der Waals surface area contributed by atoms with Crippen LogP contribution in [0.4, 0.5) is 0 Å². The van der Waals surface area contributed by atoms with E-state index in [2.05, 4.69) is 6.92 Å². The normalized spacial score (nSPS) is 11.4. The largest absolute Gasteiger partial charge is 0.493 e. The van der Waals surface area contributed by atoms with Crippen molar-refractivity contribution in [3.63, 3.8) is 0 Å². The fourth-order valence-electron chi connectivity index (χ4n) is 2.25. The van der Waals surface area contributed by atoms with Gasteiger partial charge in [0.05, 0.1) is 7.11 Å². The van der Waals surface area contributed by atoms with E-state index in [0.29, 0.717) is 6.61 Å². The maximum atomic E-state index is 6.15. The summed E-state index contributed by atoms with van der Waals surface area (Å²) >= 11 is 0. The molecule has 0 unspecified atom stereocenters. The van der Waals surface area contributed by atoms with Gasteiger partial charge in [-0.25, -0.2) is 0 Å². The molecule has 1 atom stereocenters. The zero-order valence-corrected chi connectivity index (χ0v) is 13.9. The molecule has 0 amide bonds. The second-order valence-corrected chi connectivity index (χ2v) is 5.08. The highest BCUT2D eigenvalue weighted by Crippen LogP contribution is 2.31. The third kappa shape index (κ3) is 4.93. The summed E-state index contributed by atoms with van der Waals surface area (Å²) in [5, 5.41) is 0. The van der Waals surface area contributed by atoms with E-state index in [0.717, 1.165) is 35.5 Å². The molecule has 0 heterocycles. The van der Waals surface area contributed by atoms with Gasteiger partial charge in [0.2, 0.25) is 0 Å². The number of benzene rings is 2. The van der Waals surface area contributed by atoms with Gasteiger partial charge in [0.1, 0.15) is 6.61 Å². The van der Waals surface area contributed by atoms with Crippen LogP contribution in [0.2, 0.25) is 0 Å². The summed E-state index contributed by atoms with van der Waals surface area (Å²) in [7, 11) is 1.65. The fourth-order valence-corrected chi connectivity index (χ4v) is 2.25. The lowest BCUT2D eigenvalue weighted by atomic mass is 10.0. The molecule has 2 aromatic rings. The van der Waals surface area contributed by atoms with E-state index < -0.39 is 0 Å². The predicted octanol–water partition coefficient (Wildman–Crippen LogP) is 4.50. The maximum Gasteiger partial charge on any atom is 0.161 e. The van der Waals surface area contributed by atoms with Crippen molar-refractivity contribution in [3.05, 3.63) is 59.7 Å². The third-order valence-corrected chi connectivity index (χ3v) is 3.45. The Kier molecular flexibility index (Phi) is 7.78. The topological polar surface area (TPSA) is 44.5 Å². The first-order valence-corrected chi connectivity index (χ1v) is 7.34. The van der Waals surface area contributed by atoms with E-state index in [4.69, 9.17) is 15.2 Å². The van der Waals surface area contributed by atoms with Gasteiger partial charge in [-0.1, -0.05) is 49.7 Å². The van der Waals surface area contributed by atoms with Gasteiger partial charge in [-0.15, -0.1) is 12.4 Å². The minimum atomic E-state index is 0. The monoisotopic (exact) mass is 321 g/mol. The molecule has 0 saturated carbocycles. The summed E-state index contributed by atoms with van der Waals surface area (Å²) in [6.45, 7) is 2.66. The van der Waals surface area contributed by atoms with E-state index in [1.165, 1.54) is 0 Å². The summed E-state index contributed by atoms with van der Waals surface area (Å²) in [4.78, 5) is 0. The van der Waals surface area contributed by atoms with Crippen LogP contribution in [0.3, 0.4) is 0 Å². The van der Waals surface area contributed by atoms with E-state index in [9.17, 15) is 0 Å². The Morgan fingerprint density at radius 3 is 2.41 bits per heavy atom. The van der Waals surface area contributed by atoms with Gasteiger partial charge in [-0.3, -0.25) is 0 Å². The Labute approximate surface area is 138 Å². The average Bonchev–Trinajstić information content (AvgIpc) is 2.54. The van der Waals surface area contributed by atoms with Gasteiger partial charge in [0, 0.05) is 6.04 Å². The van der Waals surface area contributed by atoms with Crippen molar-refractivity contribution in [3.8, 4) is 11.5 Å². The SMILES string of the molecule is CCC[C@H](N)c1ccc(OCc2ccccc2)c(OC)c1.Cl. The highest BCUT2D eigenvalue weighted by molar-refractivity contribution is 5.85. The van der Waals surface area contributed by atoms with E-state index in [1.54, 1.807) is 7.11 Å². The Balaban J connectivity index is 0.00000242. The molecule has 120 valence electrons. The Morgan fingerprint density at radius 1 is 1.05 bits per heavy atom. The average molecular weight is 322 g/mol. The molecule has 3 nitrogen and oxygen atoms in total. The van der Waals surface area contributed by atoms with Gasteiger partial charge < -0.3 is 15.2 Å². The first kappa shape index (κ1) is 18.3. The van der Waals surface area contributed by atoms with E-state index in [1.807, 2.05) is 48.5 Å². The van der Waals surface area contributed by atoms with Crippen LogP contribution in [0.5, 0.6) is 11.5 Å². The van der Waals surface area contributed by atoms with Crippen LogP contribution >= 0.6 is 12.4 Å². The van der Waals surface area contributed by atoms with Gasteiger partial charge in [0.15, 0.2) is 11.5 Å². The molecule has 0 saturated heterocycles. The molecule has 22 heavy (non-hydrogen) atoms. The molecule has 0 aromatic heterocycles. The lowest BCUT2D eigenvalue weighted by Gasteiger charge is -2.15. The van der Waals surface area contributed by atoms with Crippen molar-refractivity contribution in [2.45, 2.75) is 32.4 Å².